The van der Waals surface area contributed by atoms with Crippen LogP contribution in [0.25, 0.3) is 0 Å². The molecule has 2 rings (SSSR count). The van der Waals surface area contributed by atoms with Crippen molar-refractivity contribution in [2.45, 2.75) is 19.8 Å². The van der Waals surface area contributed by atoms with Crippen molar-refractivity contribution in [1.29, 1.82) is 0 Å². The van der Waals surface area contributed by atoms with Gasteiger partial charge in [0.2, 0.25) is 5.91 Å². The molecule has 1 aromatic carbocycles. The molecule has 0 atom stereocenters. The van der Waals surface area contributed by atoms with Gasteiger partial charge < -0.3 is 25.0 Å². The van der Waals surface area contributed by atoms with Crippen LogP contribution in [0.5, 0.6) is 11.5 Å². The quantitative estimate of drug-likeness (QED) is 0.794. The molecule has 1 saturated heterocycles. The Morgan fingerprint density at radius 1 is 1.25 bits per heavy atom. The first-order valence-corrected chi connectivity index (χ1v) is 8.46. The van der Waals surface area contributed by atoms with E-state index >= 15 is 0 Å². The molecule has 0 unspecified atom stereocenters. The van der Waals surface area contributed by atoms with Crippen molar-refractivity contribution < 1.29 is 14.3 Å². The first-order chi connectivity index (χ1) is 11.5. The Morgan fingerprint density at radius 2 is 1.92 bits per heavy atom. The zero-order chi connectivity index (χ0) is 17.5. The molecule has 0 aliphatic carbocycles. The molecule has 1 aromatic rings. The highest BCUT2D eigenvalue weighted by Crippen LogP contribution is 2.29. The first-order valence-electron chi connectivity index (χ1n) is 8.06. The average molecular weight is 351 g/mol. The van der Waals surface area contributed by atoms with Crippen LogP contribution < -0.4 is 20.1 Å². The molecule has 2 N–H and O–H groups in total. The van der Waals surface area contributed by atoms with Crippen LogP contribution in [0.1, 0.15) is 19.8 Å². The van der Waals surface area contributed by atoms with Gasteiger partial charge >= 0.3 is 0 Å². The number of benzene rings is 1. The van der Waals surface area contributed by atoms with Crippen molar-refractivity contribution in [3.8, 4) is 11.5 Å². The number of ether oxygens (including phenoxy) is 2. The number of nitrogens with zero attached hydrogens (tertiary/aromatic N) is 1. The number of carbonyl (C=O) groups is 1. The predicted molar refractivity (Wildman–Crippen MR) is 98.7 cm³/mol. The molecule has 1 fully saturated rings. The maximum absolute atomic E-state index is 11.3. The van der Waals surface area contributed by atoms with E-state index in [1.165, 1.54) is 0 Å². The monoisotopic (exact) mass is 351 g/mol. The van der Waals surface area contributed by atoms with E-state index < -0.39 is 0 Å². The molecule has 24 heavy (non-hydrogen) atoms. The molecule has 1 aliphatic rings. The van der Waals surface area contributed by atoms with Crippen LogP contribution in [0.2, 0.25) is 0 Å². The topological polar surface area (TPSA) is 62.8 Å². The smallest absolute Gasteiger partial charge is 0.219 e. The van der Waals surface area contributed by atoms with Crippen molar-refractivity contribution in [1.82, 2.24) is 10.2 Å². The largest absolute Gasteiger partial charge is 0.493 e. The summed E-state index contributed by atoms with van der Waals surface area (Å²) in [4.78, 5) is 13.2. The second-order valence-electron chi connectivity index (χ2n) is 5.85. The van der Waals surface area contributed by atoms with Crippen LogP contribution in [0.3, 0.4) is 0 Å². The van der Waals surface area contributed by atoms with E-state index in [1.807, 2.05) is 23.1 Å². The Kier molecular flexibility index (Phi) is 6.66. The first kappa shape index (κ1) is 18.3. The molecule has 1 amide bonds. The van der Waals surface area contributed by atoms with Crippen molar-refractivity contribution in [3.63, 3.8) is 0 Å². The number of likely N-dealkylation sites (tertiary alicyclic amines) is 1. The van der Waals surface area contributed by atoms with Gasteiger partial charge in [-0.25, -0.2) is 0 Å². The summed E-state index contributed by atoms with van der Waals surface area (Å²) in [6, 6.07) is 5.57. The Labute approximate surface area is 148 Å². The maximum Gasteiger partial charge on any atom is 0.219 e. The summed E-state index contributed by atoms with van der Waals surface area (Å²) in [6.07, 6.45) is 2.01. The zero-order valence-electron chi connectivity index (χ0n) is 14.4. The molecule has 7 heteroatoms. The molecular weight excluding hydrogens is 326 g/mol. The third kappa shape index (κ3) is 4.99. The highest BCUT2D eigenvalue weighted by atomic mass is 32.1. The van der Waals surface area contributed by atoms with Gasteiger partial charge in [-0.15, -0.1) is 0 Å². The highest BCUT2D eigenvalue weighted by Gasteiger charge is 2.20. The third-order valence-electron chi connectivity index (χ3n) is 4.25. The van der Waals surface area contributed by atoms with Gasteiger partial charge in [-0.3, -0.25) is 4.79 Å². The van der Waals surface area contributed by atoms with E-state index in [1.54, 1.807) is 21.1 Å². The van der Waals surface area contributed by atoms with Crippen molar-refractivity contribution in [2.24, 2.45) is 5.92 Å². The van der Waals surface area contributed by atoms with E-state index in [9.17, 15) is 4.79 Å². The Bertz CT molecular complexity index is 586. The van der Waals surface area contributed by atoms with E-state index in [2.05, 4.69) is 10.6 Å². The van der Waals surface area contributed by atoms with Crippen molar-refractivity contribution in [3.05, 3.63) is 18.2 Å². The number of methoxy groups -OCH3 is 2. The van der Waals surface area contributed by atoms with Gasteiger partial charge in [-0.05, 0) is 43.1 Å². The van der Waals surface area contributed by atoms with Crippen LogP contribution in [0, 0.1) is 5.92 Å². The van der Waals surface area contributed by atoms with Gasteiger partial charge in [0.05, 0.1) is 14.2 Å². The minimum Gasteiger partial charge on any atom is -0.493 e. The molecule has 1 heterocycles. The minimum atomic E-state index is 0.159. The number of nitrogens with one attached hydrogen (secondary N) is 2. The maximum atomic E-state index is 11.3. The SMILES string of the molecule is COc1ccc(NC(=S)NCC2CCN(C(C)=O)CC2)cc1OC. The zero-order valence-corrected chi connectivity index (χ0v) is 15.2. The summed E-state index contributed by atoms with van der Waals surface area (Å²) < 4.78 is 10.5. The lowest BCUT2D eigenvalue weighted by atomic mass is 9.97. The second-order valence-corrected chi connectivity index (χ2v) is 6.26. The summed E-state index contributed by atoms with van der Waals surface area (Å²) >= 11 is 5.35. The number of anilines is 1. The third-order valence-corrected chi connectivity index (χ3v) is 4.50. The number of thiocarbonyl (C=S) groups is 1. The van der Waals surface area contributed by atoms with E-state index in [-0.39, 0.29) is 5.91 Å². The van der Waals surface area contributed by atoms with Crippen LogP contribution in [-0.2, 0) is 4.79 Å². The Hall–Kier alpha value is -2.02. The minimum absolute atomic E-state index is 0.159. The Morgan fingerprint density at radius 3 is 2.50 bits per heavy atom. The number of hydrogen-bond acceptors (Lipinski definition) is 4. The fourth-order valence-electron chi connectivity index (χ4n) is 2.78. The number of hydrogen-bond donors (Lipinski definition) is 2. The lowest BCUT2D eigenvalue weighted by molar-refractivity contribution is -0.130. The van der Waals surface area contributed by atoms with Crippen LogP contribution >= 0.6 is 12.2 Å². The molecule has 0 aromatic heterocycles. The molecule has 6 nitrogen and oxygen atoms in total. The van der Waals surface area contributed by atoms with Crippen LogP contribution in [0.4, 0.5) is 5.69 Å². The number of amides is 1. The molecule has 132 valence electrons. The van der Waals surface area contributed by atoms with Gasteiger partial charge in [0.15, 0.2) is 16.6 Å². The van der Waals surface area contributed by atoms with Gasteiger partial charge in [-0.2, -0.15) is 0 Å². The number of piperidine rings is 1. The summed E-state index contributed by atoms with van der Waals surface area (Å²) in [7, 11) is 3.21. The predicted octanol–water partition coefficient (Wildman–Crippen LogP) is 2.25. The summed E-state index contributed by atoms with van der Waals surface area (Å²) in [5.41, 5.74) is 0.844. The molecule has 0 spiro atoms. The van der Waals surface area contributed by atoms with E-state index in [4.69, 9.17) is 21.7 Å². The van der Waals surface area contributed by atoms with Crippen molar-refractivity contribution in [2.75, 3.05) is 39.2 Å². The fraction of sp³-hybridized carbons (Fsp3) is 0.529. The normalized spacial score (nSPS) is 14.9. The molecule has 0 radical (unpaired) electrons. The van der Waals surface area contributed by atoms with Gasteiger partial charge in [-0.1, -0.05) is 0 Å². The highest BCUT2D eigenvalue weighted by molar-refractivity contribution is 7.80. The van der Waals surface area contributed by atoms with E-state index in [0.29, 0.717) is 22.5 Å². The molecule has 0 saturated carbocycles. The molecular formula is C17H25N3O3S. The van der Waals surface area contributed by atoms with E-state index in [0.717, 1.165) is 38.2 Å². The summed E-state index contributed by atoms with van der Waals surface area (Å²) in [5.74, 6) is 2.03. The lowest BCUT2D eigenvalue weighted by Crippen LogP contribution is -2.41. The Balaban J connectivity index is 1.79. The number of rotatable bonds is 5. The second kappa shape index (κ2) is 8.73. The lowest BCUT2D eigenvalue weighted by Gasteiger charge is -2.31. The summed E-state index contributed by atoms with van der Waals surface area (Å²) in [6.45, 7) is 4.10. The van der Waals surface area contributed by atoms with Crippen LogP contribution in [0.15, 0.2) is 18.2 Å². The van der Waals surface area contributed by atoms with Crippen molar-refractivity contribution >= 4 is 28.9 Å². The molecule has 0 bridgehead atoms. The standard InChI is InChI=1S/C17H25N3O3S/c1-12(21)20-8-6-13(7-9-20)11-18-17(24)19-14-4-5-15(22-2)16(10-14)23-3/h4-5,10,13H,6-9,11H2,1-3H3,(H2,18,19,24). The summed E-state index contributed by atoms with van der Waals surface area (Å²) in [5, 5.41) is 6.99. The van der Waals surface area contributed by atoms with Gasteiger partial charge in [0, 0.05) is 38.3 Å². The number of carbonyl (C=O) groups excluding carboxylic acids is 1. The van der Waals surface area contributed by atoms with Crippen LogP contribution in [-0.4, -0.2) is 49.8 Å². The average Bonchev–Trinajstić information content (AvgIpc) is 2.60. The van der Waals surface area contributed by atoms with Gasteiger partial charge in [0.1, 0.15) is 0 Å². The fourth-order valence-corrected chi connectivity index (χ4v) is 2.98. The molecule has 1 aliphatic heterocycles. The van der Waals surface area contributed by atoms with Gasteiger partial charge in [0.25, 0.3) is 0 Å².